The average molecular weight is 499 g/mol. The van der Waals surface area contributed by atoms with Crippen molar-refractivity contribution in [2.45, 2.75) is 58.5 Å². The average Bonchev–Trinajstić information content (AvgIpc) is 2.78. The van der Waals surface area contributed by atoms with Crippen LogP contribution in [-0.4, -0.2) is 18.5 Å². The van der Waals surface area contributed by atoms with Crippen LogP contribution in [0.2, 0.25) is 0 Å². The fourth-order valence-electron chi connectivity index (χ4n) is 5.71. The van der Waals surface area contributed by atoms with Crippen molar-refractivity contribution >= 4 is 27.9 Å². The van der Waals surface area contributed by atoms with Crippen molar-refractivity contribution in [1.29, 1.82) is 0 Å². The zero-order valence-electron chi connectivity index (χ0n) is 18.8. The lowest BCUT2D eigenvalue weighted by Gasteiger charge is -2.47. The molecule has 0 radical (unpaired) electrons. The molecule has 0 N–H and O–H groups in total. The third-order valence-corrected chi connectivity index (χ3v) is 7.82. The Labute approximate surface area is 198 Å². The van der Waals surface area contributed by atoms with Crippen molar-refractivity contribution in [1.82, 2.24) is 0 Å². The molecule has 2 bridgehead atoms. The van der Waals surface area contributed by atoms with E-state index in [2.05, 4.69) is 35.0 Å². The highest BCUT2D eigenvalue weighted by Crippen LogP contribution is 2.54. The fourth-order valence-corrected chi connectivity index (χ4v) is 6.27. The Morgan fingerprint density at radius 2 is 1.84 bits per heavy atom. The summed E-state index contributed by atoms with van der Waals surface area (Å²) >= 11 is 3.57. The van der Waals surface area contributed by atoms with E-state index in [-0.39, 0.29) is 11.9 Å². The van der Waals surface area contributed by atoms with Gasteiger partial charge in [0.15, 0.2) is 0 Å². The molecule has 170 valence electrons. The summed E-state index contributed by atoms with van der Waals surface area (Å²) in [6, 6.07) is 15.8. The minimum absolute atomic E-state index is 0.0736. The quantitative estimate of drug-likeness (QED) is 0.417. The molecular weight excluding hydrogens is 468 g/mol. The molecule has 0 saturated heterocycles. The molecule has 0 amide bonds. The first kappa shape index (κ1) is 23.0. The third kappa shape index (κ3) is 4.93. The molecule has 4 atom stereocenters. The highest BCUT2D eigenvalue weighted by atomic mass is 79.9. The van der Waals surface area contributed by atoms with E-state index in [1.807, 2.05) is 43.3 Å². The molecule has 4 rings (SSSR count). The Bertz CT molecular complexity index is 973. The molecule has 4 nitrogen and oxygen atoms in total. The van der Waals surface area contributed by atoms with Gasteiger partial charge in [0, 0.05) is 4.47 Å². The van der Waals surface area contributed by atoms with Gasteiger partial charge in [0.25, 0.3) is 0 Å². The predicted octanol–water partition coefficient (Wildman–Crippen LogP) is 6.67. The van der Waals surface area contributed by atoms with Crippen LogP contribution in [0.3, 0.4) is 0 Å². The lowest BCUT2D eigenvalue weighted by molar-refractivity contribution is -0.161. The van der Waals surface area contributed by atoms with E-state index in [1.54, 1.807) is 0 Å². The van der Waals surface area contributed by atoms with Gasteiger partial charge in [-0.25, -0.2) is 4.79 Å². The van der Waals surface area contributed by atoms with Crippen LogP contribution in [0.5, 0.6) is 0 Å². The second-order valence-electron chi connectivity index (χ2n) is 9.54. The van der Waals surface area contributed by atoms with E-state index >= 15 is 0 Å². The van der Waals surface area contributed by atoms with Crippen molar-refractivity contribution in [2.24, 2.45) is 17.3 Å². The highest BCUT2D eigenvalue weighted by molar-refractivity contribution is 9.10. The second-order valence-corrected chi connectivity index (χ2v) is 10.4. The Hall–Kier alpha value is -2.14. The molecule has 2 aromatic rings. The molecule has 0 aliphatic heterocycles. The molecule has 2 aliphatic rings. The Morgan fingerprint density at radius 3 is 2.56 bits per heavy atom. The van der Waals surface area contributed by atoms with E-state index < -0.39 is 5.41 Å². The van der Waals surface area contributed by atoms with Crippen molar-refractivity contribution in [3.8, 4) is 0 Å². The maximum absolute atomic E-state index is 13.1. The van der Waals surface area contributed by atoms with E-state index in [9.17, 15) is 9.59 Å². The van der Waals surface area contributed by atoms with Gasteiger partial charge in [-0.3, -0.25) is 4.79 Å². The Balaban J connectivity index is 1.47. The topological polar surface area (TPSA) is 52.6 Å². The summed E-state index contributed by atoms with van der Waals surface area (Å²) in [6.07, 6.45) is 5.16. The van der Waals surface area contributed by atoms with Crippen LogP contribution in [-0.2, 0) is 20.9 Å². The molecule has 2 fully saturated rings. The van der Waals surface area contributed by atoms with Gasteiger partial charge in [0.1, 0.15) is 6.61 Å². The molecule has 5 heteroatoms. The molecule has 32 heavy (non-hydrogen) atoms. The predicted molar refractivity (Wildman–Crippen MR) is 127 cm³/mol. The van der Waals surface area contributed by atoms with E-state index in [4.69, 9.17) is 9.47 Å². The smallest absolute Gasteiger partial charge is 0.339 e. The largest absolute Gasteiger partial charge is 0.462 e. The number of carbonyl (C=O) groups excluding carboxylic acids is 2. The summed E-state index contributed by atoms with van der Waals surface area (Å²) in [6.45, 7) is 4.58. The maximum atomic E-state index is 13.1. The van der Waals surface area contributed by atoms with Crippen LogP contribution in [0.1, 0.15) is 73.4 Å². The molecular formula is C27H31BrO4. The van der Waals surface area contributed by atoms with E-state index in [1.165, 1.54) is 5.56 Å². The lowest BCUT2D eigenvalue weighted by Crippen LogP contribution is -2.42. The number of rotatable bonds is 6. The summed E-state index contributed by atoms with van der Waals surface area (Å²) in [5.74, 6) is 1.02. The van der Waals surface area contributed by atoms with Gasteiger partial charge in [-0.2, -0.15) is 0 Å². The normalized spacial score (nSPS) is 26.9. The number of ether oxygens (including phenoxy) is 2. The van der Waals surface area contributed by atoms with Gasteiger partial charge in [-0.15, -0.1) is 0 Å². The van der Waals surface area contributed by atoms with Crippen LogP contribution in [0.15, 0.2) is 53.0 Å². The van der Waals surface area contributed by atoms with Crippen LogP contribution in [0, 0.1) is 17.3 Å². The Kier molecular flexibility index (Phi) is 7.04. The number of hydrogen-bond donors (Lipinski definition) is 0. The monoisotopic (exact) mass is 498 g/mol. The highest BCUT2D eigenvalue weighted by Gasteiger charge is 2.48. The number of fused-ring (bicyclic) bond motifs is 2. The van der Waals surface area contributed by atoms with Crippen molar-refractivity contribution in [3.05, 3.63) is 69.7 Å². The first-order chi connectivity index (χ1) is 15.4. The molecule has 0 spiro atoms. The van der Waals surface area contributed by atoms with Crippen molar-refractivity contribution in [2.75, 3.05) is 6.61 Å². The SMILES string of the molecule is CCOC(=O)c1ccc([C@@H]2CCC3CC2CC(C)(C(=O)OCc2ccccc2)C3)cc1Br. The van der Waals surface area contributed by atoms with Crippen LogP contribution >= 0.6 is 15.9 Å². The first-order valence-corrected chi connectivity index (χ1v) is 12.4. The summed E-state index contributed by atoms with van der Waals surface area (Å²) < 4.78 is 11.7. The van der Waals surface area contributed by atoms with Gasteiger partial charge < -0.3 is 9.47 Å². The number of carbonyl (C=O) groups is 2. The third-order valence-electron chi connectivity index (χ3n) is 7.17. The minimum atomic E-state index is -0.441. The molecule has 2 saturated carbocycles. The number of esters is 2. The maximum Gasteiger partial charge on any atom is 0.339 e. The number of benzene rings is 2. The van der Waals surface area contributed by atoms with Gasteiger partial charge in [0.05, 0.1) is 17.6 Å². The van der Waals surface area contributed by atoms with Gasteiger partial charge in [0.2, 0.25) is 0 Å². The van der Waals surface area contributed by atoms with Crippen LogP contribution in [0.25, 0.3) is 0 Å². The molecule has 2 aliphatic carbocycles. The van der Waals surface area contributed by atoms with Crippen molar-refractivity contribution in [3.63, 3.8) is 0 Å². The summed E-state index contributed by atoms with van der Waals surface area (Å²) in [5.41, 5.74) is 2.37. The van der Waals surface area contributed by atoms with E-state index in [0.29, 0.717) is 36.5 Å². The van der Waals surface area contributed by atoms with Crippen molar-refractivity contribution < 1.29 is 19.1 Å². The lowest BCUT2D eigenvalue weighted by atomic mass is 9.57. The summed E-state index contributed by atoms with van der Waals surface area (Å²) in [4.78, 5) is 25.3. The Morgan fingerprint density at radius 1 is 1.06 bits per heavy atom. The molecule has 0 heterocycles. The number of hydrogen-bond acceptors (Lipinski definition) is 4. The first-order valence-electron chi connectivity index (χ1n) is 11.6. The molecule has 0 aromatic heterocycles. The fraction of sp³-hybridized carbons (Fsp3) is 0.481. The number of halogens is 1. The van der Waals surface area contributed by atoms with E-state index in [0.717, 1.165) is 42.1 Å². The summed E-state index contributed by atoms with van der Waals surface area (Å²) in [5, 5.41) is 0. The molecule has 2 aromatic carbocycles. The zero-order valence-corrected chi connectivity index (χ0v) is 20.4. The van der Waals surface area contributed by atoms with Gasteiger partial charge in [-0.05, 0) is 103 Å². The van der Waals surface area contributed by atoms with Crippen LogP contribution < -0.4 is 0 Å². The van der Waals surface area contributed by atoms with Gasteiger partial charge >= 0.3 is 11.9 Å². The summed E-state index contributed by atoms with van der Waals surface area (Å²) in [7, 11) is 0. The molecule has 3 unspecified atom stereocenters. The van der Waals surface area contributed by atoms with Gasteiger partial charge in [-0.1, -0.05) is 36.4 Å². The minimum Gasteiger partial charge on any atom is -0.462 e. The zero-order chi connectivity index (χ0) is 22.7. The standard InChI is InChI=1S/C27H31BrO4/c1-3-31-25(29)23-12-10-20(14-24(23)28)22-11-9-19-13-21(22)16-27(2,15-19)26(30)32-17-18-7-5-4-6-8-18/h4-8,10,12,14,19,21-22H,3,9,11,13,15-17H2,1-2H3/t19?,21?,22-,27?/m0/s1. The van der Waals surface area contributed by atoms with Crippen LogP contribution in [0.4, 0.5) is 0 Å². The second kappa shape index (κ2) is 9.78.